The lowest BCUT2D eigenvalue weighted by atomic mass is 9.98. The van der Waals surface area contributed by atoms with E-state index >= 15 is 0 Å². The number of amides is 1. The molecule has 0 aromatic heterocycles. The predicted molar refractivity (Wildman–Crippen MR) is 218 cm³/mol. The first kappa shape index (κ1) is 40.6. The van der Waals surface area contributed by atoms with Crippen molar-refractivity contribution < 1.29 is 42.7 Å². The first-order valence-corrected chi connectivity index (χ1v) is 19.6. The van der Waals surface area contributed by atoms with Crippen LogP contribution >= 0.6 is 0 Å². The van der Waals surface area contributed by atoms with Crippen LogP contribution in [0.2, 0.25) is 0 Å². The van der Waals surface area contributed by atoms with Gasteiger partial charge < -0.3 is 38.5 Å². The minimum absolute atomic E-state index is 0.0582. The van der Waals surface area contributed by atoms with Crippen molar-refractivity contribution in [2.24, 2.45) is 0 Å². The van der Waals surface area contributed by atoms with E-state index < -0.39 is 48.8 Å². The van der Waals surface area contributed by atoms with E-state index in [0.717, 1.165) is 38.9 Å². The highest BCUT2D eigenvalue weighted by molar-refractivity contribution is 5.82. The Bertz CT molecular complexity index is 2030. The summed E-state index contributed by atoms with van der Waals surface area (Å²) in [6.45, 7) is 6.06. The molecule has 300 valence electrons. The molecule has 1 N–H and O–H groups in total. The van der Waals surface area contributed by atoms with E-state index in [0.29, 0.717) is 6.61 Å². The molecule has 7 rings (SSSR count). The Morgan fingerprint density at radius 1 is 0.638 bits per heavy atom. The van der Waals surface area contributed by atoms with Gasteiger partial charge in [-0.05, 0) is 45.9 Å². The van der Waals surface area contributed by atoms with E-state index in [2.05, 4.69) is 24.0 Å². The summed E-state index contributed by atoms with van der Waals surface area (Å²) >= 11 is 0. The third-order valence-corrected chi connectivity index (χ3v) is 10.3. The van der Waals surface area contributed by atoms with Crippen molar-refractivity contribution in [3.8, 4) is 11.1 Å². The third kappa shape index (κ3) is 10.3. The van der Waals surface area contributed by atoms with E-state index in [9.17, 15) is 9.59 Å². The number of ether oxygens (including phenoxy) is 7. The second-order valence-corrected chi connectivity index (χ2v) is 14.3. The second-order valence-electron chi connectivity index (χ2n) is 14.3. The fraction of sp³-hybridized carbons (Fsp3) is 0.292. The highest BCUT2D eigenvalue weighted by atomic mass is 16.7. The average molecular weight is 784 g/mol. The first-order valence-electron chi connectivity index (χ1n) is 19.6. The van der Waals surface area contributed by atoms with Gasteiger partial charge in [-0.25, -0.2) is 9.59 Å². The summed E-state index contributed by atoms with van der Waals surface area (Å²) in [6.07, 6.45) is -2.94. The lowest BCUT2D eigenvalue weighted by molar-refractivity contribution is -0.320. The van der Waals surface area contributed by atoms with Gasteiger partial charge in [0.25, 0.3) is 0 Å². The zero-order valence-electron chi connectivity index (χ0n) is 32.5. The highest BCUT2D eigenvalue weighted by Gasteiger charge is 2.48. The molecule has 0 saturated carbocycles. The van der Waals surface area contributed by atoms with Crippen LogP contribution in [0.4, 0.5) is 4.79 Å². The summed E-state index contributed by atoms with van der Waals surface area (Å²) in [6, 6.07) is 44.4. The number of carbonyl (C=O) groups excluding carboxylic acids is 2. The van der Waals surface area contributed by atoms with Crippen LogP contribution in [0.5, 0.6) is 0 Å². The molecule has 6 atom stereocenters. The van der Waals surface area contributed by atoms with E-state index in [-0.39, 0.29) is 39.0 Å². The minimum Gasteiger partial charge on any atom is -0.460 e. The normalized spacial score (nSPS) is 20.3. The summed E-state index contributed by atoms with van der Waals surface area (Å²) in [7, 11) is 0. The first-order chi connectivity index (χ1) is 28.5. The lowest BCUT2D eigenvalue weighted by Crippen LogP contribution is -2.60. The number of hydrogen-bond acceptors (Lipinski definition) is 9. The fourth-order valence-electron chi connectivity index (χ4n) is 7.39. The number of carbonyl (C=O) groups is 2. The van der Waals surface area contributed by atoms with Crippen LogP contribution in [0.3, 0.4) is 0 Å². The number of esters is 1. The van der Waals surface area contributed by atoms with Crippen LogP contribution in [0, 0.1) is 0 Å². The number of hydrogen-bond donors (Lipinski definition) is 1. The molecule has 0 unspecified atom stereocenters. The maximum absolute atomic E-state index is 13.4. The maximum Gasteiger partial charge on any atom is 0.407 e. The van der Waals surface area contributed by atoms with Gasteiger partial charge in [-0.15, -0.1) is 0 Å². The number of nitrogens with one attached hydrogen (secondary N) is 1. The van der Waals surface area contributed by atoms with Crippen molar-refractivity contribution in [1.82, 2.24) is 5.32 Å². The van der Waals surface area contributed by atoms with Crippen LogP contribution in [-0.4, -0.2) is 68.6 Å². The zero-order valence-corrected chi connectivity index (χ0v) is 32.5. The number of fused-ring (bicyclic) bond motifs is 3. The molecule has 5 aromatic carbocycles. The quantitative estimate of drug-likeness (QED) is 0.0696. The predicted octanol–water partition coefficient (Wildman–Crippen LogP) is 8.14. The van der Waals surface area contributed by atoms with Gasteiger partial charge >= 0.3 is 12.1 Å². The van der Waals surface area contributed by atoms with Crippen molar-refractivity contribution in [1.29, 1.82) is 0 Å². The van der Waals surface area contributed by atoms with Gasteiger partial charge in [0.15, 0.2) is 12.3 Å². The Morgan fingerprint density at radius 3 is 1.66 bits per heavy atom. The van der Waals surface area contributed by atoms with E-state index in [1.807, 2.05) is 134 Å². The molecule has 1 amide bonds. The fourth-order valence-corrected chi connectivity index (χ4v) is 7.39. The standard InChI is InChI=1S/C48H49NO9/c1-3-27-52-46(50)42(49-48(51)57-31-41-39-25-15-13-23-37(39)38-24-14-16-26-40(38)41)32-56-47-45(55-30-36-21-11-6-12-22-36)44(54-29-35-19-9-5-10-20-35)43(33(2)58-47)53-28-34-17-7-4-8-18-34/h3-26,33,41-45,47H,1,27-32H2,2H3,(H,49,51)/t33-,42-,43-,44+,45+,47+/m0/s1. The van der Waals surface area contributed by atoms with Crippen molar-refractivity contribution in [2.45, 2.75) is 69.4 Å². The molecule has 1 saturated heterocycles. The Balaban J connectivity index is 1.09. The monoisotopic (exact) mass is 783 g/mol. The van der Waals surface area contributed by atoms with Crippen molar-refractivity contribution in [3.05, 3.63) is 180 Å². The summed E-state index contributed by atoms with van der Waals surface area (Å²) in [5.41, 5.74) is 7.26. The molecular weight excluding hydrogens is 735 g/mol. The Labute approximate surface area is 339 Å². The highest BCUT2D eigenvalue weighted by Crippen LogP contribution is 2.44. The Morgan fingerprint density at radius 2 is 1.12 bits per heavy atom. The smallest absolute Gasteiger partial charge is 0.407 e. The minimum atomic E-state index is -1.25. The van der Waals surface area contributed by atoms with Crippen molar-refractivity contribution in [3.63, 3.8) is 0 Å². The van der Waals surface area contributed by atoms with Gasteiger partial charge in [0, 0.05) is 5.92 Å². The van der Waals surface area contributed by atoms with Crippen LogP contribution in [-0.2, 0) is 57.8 Å². The number of rotatable bonds is 18. The summed E-state index contributed by atoms with van der Waals surface area (Å²) in [5.74, 6) is -0.884. The maximum atomic E-state index is 13.4. The largest absolute Gasteiger partial charge is 0.460 e. The van der Waals surface area contributed by atoms with Crippen LogP contribution in [0.25, 0.3) is 11.1 Å². The molecular formula is C48H49NO9. The molecule has 10 heteroatoms. The van der Waals surface area contributed by atoms with Gasteiger partial charge in [0.1, 0.15) is 31.5 Å². The average Bonchev–Trinajstić information content (AvgIpc) is 3.59. The van der Waals surface area contributed by atoms with Gasteiger partial charge in [-0.1, -0.05) is 152 Å². The van der Waals surface area contributed by atoms with Crippen molar-refractivity contribution >= 4 is 12.1 Å². The molecule has 2 aliphatic rings. The Kier molecular flexibility index (Phi) is 14.1. The third-order valence-electron chi connectivity index (χ3n) is 10.3. The van der Waals surface area contributed by atoms with Gasteiger partial charge in [0.2, 0.25) is 0 Å². The van der Waals surface area contributed by atoms with E-state index in [1.54, 1.807) is 0 Å². The second kappa shape index (κ2) is 20.2. The molecule has 5 aromatic rings. The van der Waals surface area contributed by atoms with Crippen LogP contribution in [0.1, 0.15) is 40.7 Å². The SMILES string of the molecule is C=CCOC(=O)[C@H](CO[C@@H]1O[C@@H](C)[C@H](OCc2ccccc2)[C@@H](OCc2ccccc2)[C@H]1OCc1ccccc1)NC(=O)OCC1c2ccccc2-c2ccccc21. The summed E-state index contributed by atoms with van der Waals surface area (Å²) in [5, 5.41) is 2.68. The summed E-state index contributed by atoms with van der Waals surface area (Å²) < 4.78 is 43.9. The van der Waals surface area contributed by atoms with Gasteiger partial charge in [0.05, 0.1) is 32.5 Å². The molecule has 0 bridgehead atoms. The molecule has 58 heavy (non-hydrogen) atoms. The molecule has 1 aliphatic carbocycles. The van der Waals surface area contributed by atoms with E-state index in [4.69, 9.17) is 33.2 Å². The van der Waals surface area contributed by atoms with Gasteiger partial charge in [-0.2, -0.15) is 0 Å². The summed E-state index contributed by atoms with van der Waals surface area (Å²) in [4.78, 5) is 26.8. The number of benzene rings is 5. The zero-order chi connectivity index (χ0) is 40.1. The lowest BCUT2D eigenvalue weighted by Gasteiger charge is -2.45. The van der Waals surface area contributed by atoms with E-state index in [1.165, 1.54) is 6.08 Å². The molecule has 10 nitrogen and oxygen atoms in total. The van der Waals surface area contributed by atoms with Crippen LogP contribution < -0.4 is 5.32 Å². The number of alkyl carbamates (subject to hydrolysis) is 1. The Hall–Kier alpha value is -5.62. The van der Waals surface area contributed by atoms with Crippen molar-refractivity contribution in [2.75, 3.05) is 19.8 Å². The van der Waals surface area contributed by atoms with Gasteiger partial charge in [-0.3, -0.25) is 0 Å². The molecule has 1 fully saturated rings. The molecule has 1 aliphatic heterocycles. The molecule has 0 spiro atoms. The molecule has 0 radical (unpaired) electrons. The molecule has 1 heterocycles. The topological polar surface area (TPSA) is 111 Å². The van der Waals surface area contributed by atoms with Crippen LogP contribution in [0.15, 0.2) is 152 Å².